The van der Waals surface area contributed by atoms with Gasteiger partial charge in [0.1, 0.15) is 5.82 Å². The van der Waals surface area contributed by atoms with Crippen molar-refractivity contribution in [2.75, 3.05) is 5.73 Å². The van der Waals surface area contributed by atoms with Gasteiger partial charge in [0.2, 0.25) is 0 Å². The quantitative estimate of drug-likeness (QED) is 0.150. The Bertz CT molecular complexity index is 1180. The fourth-order valence-electron chi connectivity index (χ4n) is 3.93. The Hall–Kier alpha value is -3.99. The summed E-state index contributed by atoms with van der Waals surface area (Å²) in [6, 6.07) is 21.9. The van der Waals surface area contributed by atoms with E-state index in [0.29, 0.717) is 11.5 Å². The minimum absolute atomic E-state index is 0.138. The molecule has 0 amide bonds. The maximum Gasteiger partial charge on any atom is 0.290 e. The smallest absolute Gasteiger partial charge is 0.290 e. The highest BCUT2D eigenvalue weighted by Crippen LogP contribution is 2.48. The van der Waals surface area contributed by atoms with Crippen LogP contribution in [0.1, 0.15) is 61.4 Å². The third-order valence-corrected chi connectivity index (χ3v) is 5.53. The van der Waals surface area contributed by atoms with Gasteiger partial charge in [0.15, 0.2) is 0 Å². The first-order chi connectivity index (χ1) is 17.0. The standard InChI is InChI=1S/C27H25FN2.C2H6.CH2O2/c1-2-6-18-9-11-21(12-10-18)26(22-15-16-24(30)23(17-29)27(22)28)25(20-13-14-20)19-7-4-3-5-8-19;1-2;2-1-3/h2-12,15-17,20,29H,13-14,30H2,1H3;1-2H3;1H,(H,2,3)/b6-2+,26-25-,29-17?;;. The number of carbonyl (C=O) groups is 1. The minimum Gasteiger partial charge on any atom is -0.483 e. The number of hydrogen-bond donors (Lipinski definition) is 3. The second-order valence-electron chi connectivity index (χ2n) is 7.73. The van der Waals surface area contributed by atoms with E-state index in [0.717, 1.165) is 46.9 Å². The predicted octanol–water partition coefficient (Wildman–Crippen LogP) is 7.53. The summed E-state index contributed by atoms with van der Waals surface area (Å²) in [7, 11) is 0. The zero-order chi connectivity index (χ0) is 25.8. The third-order valence-electron chi connectivity index (χ3n) is 5.53. The van der Waals surface area contributed by atoms with E-state index in [1.165, 1.54) is 0 Å². The zero-order valence-corrected chi connectivity index (χ0v) is 20.5. The van der Waals surface area contributed by atoms with Gasteiger partial charge in [-0.15, -0.1) is 0 Å². The number of rotatable bonds is 6. The van der Waals surface area contributed by atoms with Gasteiger partial charge in [0.05, 0.1) is 5.56 Å². The van der Waals surface area contributed by atoms with Crippen LogP contribution in [-0.2, 0) is 4.79 Å². The molecular weight excluding hydrogens is 439 g/mol. The number of nitrogens with one attached hydrogen (secondary N) is 1. The van der Waals surface area contributed by atoms with Crippen molar-refractivity contribution in [2.24, 2.45) is 5.92 Å². The molecule has 1 saturated carbocycles. The topological polar surface area (TPSA) is 87.2 Å². The molecule has 3 aromatic carbocycles. The highest BCUT2D eigenvalue weighted by Gasteiger charge is 2.31. The van der Waals surface area contributed by atoms with Crippen molar-refractivity contribution in [3.63, 3.8) is 0 Å². The van der Waals surface area contributed by atoms with Crippen molar-refractivity contribution < 1.29 is 14.3 Å². The van der Waals surface area contributed by atoms with Gasteiger partial charge in [-0.3, -0.25) is 4.79 Å². The van der Waals surface area contributed by atoms with Crippen molar-refractivity contribution in [2.45, 2.75) is 33.6 Å². The molecule has 1 aliphatic carbocycles. The van der Waals surface area contributed by atoms with Gasteiger partial charge >= 0.3 is 0 Å². The first-order valence-electron chi connectivity index (χ1n) is 11.7. The molecule has 0 heterocycles. The number of allylic oxidation sites excluding steroid dienone is 2. The third kappa shape index (κ3) is 6.76. The molecule has 1 aliphatic rings. The van der Waals surface area contributed by atoms with E-state index in [-0.39, 0.29) is 17.7 Å². The van der Waals surface area contributed by atoms with Crippen LogP contribution >= 0.6 is 0 Å². The molecule has 0 bridgehead atoms. The van der Waals surface area contributed by atoms with Crippen molar-refractivity contribution in [3.05, 3.63) is 106 Å². The summed E-state index contributed by atoms with van der Waals surface area (Å²) < 4.78 is 15.6. The summed E-state index contributed by atoms with van der Waals surface area (Å²) in [4.78, 5) is 8.36. The van der Waals surface area contributed by atoms with E-state index >= 15 is 4.39 Å². The highest BCUT2D eigenvalue weighted by atomic mass is 19.1. The zero-order valence-electron chi connectivity index (χ0n) is 20.5. The van der Waals surface area contributed by atoms with Crippen LogP contribution in [0.4, 0.5) is 10.1 Å². The highest BCUT2D eigenvalue weighted by molar-refractivity contribution is 6.01. The van der Waals surface area contributed by atoms with Gasteiger partial charge in [-0.05, 0) is 65.7 Å². The number of anilines is 1. The number of nitrogen functional groups attached to an aromatic ring is 1. The summed E-state index contributed by atoms with van der Waals surface area (Å²) in [6.07, 6.45) is 7.24. The molecule has 3 aromatic rings. The fourth-order valence-corrected chi connectivity index (χ4v) is 3.93. The normalized spacial score (nSPS) is 13.0. The molecule has 4 nitrogen and oxygen atoms in total. The molecule has 0 spiro atoms. The lowest BCUT2D eigenvalue weighted by atomic mass is 9.85. The Morgan fingerprint density at radius 1 is 1.00 bits per heavy atom. The monoisotopic (exact) mass is 472 g/mol. The van der Waals surface area contributed by atoms with E-state index in [4.69, 9.17) is 21.0 Å². The molecule has 4 rings (SSSR count). The average molecular weight is 473 g/mol. The Balaban J connectivity index is 0.000000803. The summed E-state index contributed by atoms with van der Waals surface area (Å²) >= 11 is 0. The van der Waals surface area contributed by atoms with Crippen LogP contribution in [-0.4, -0.2) is 17.8 Å². The number of carboxylic acid groups (broad SMARTS) is 1. The largest absolute Gasteiger partial charge is 0.483 e. The lowest BCUT2D eigenvalue weighted by molar-refractivity contribution is -0.122. The Morgan fingerprint density at radius 3 is 2.11 bits per heavy atom. The Labute approximate surface area is 207 Å². The molecule has 0 radical (unpaired) electrons. The molecule has 0 aliphatic heterocycles. The number of halogens is 1. The average Bonchev–Trinajstić information content (AvgIpc) is 3.72. The molecule has 1 fully saturated rings. The van der Waals surface area contributed by atoms with Crippen molar-refractivity contribution in [1.29, 1.82) is 5.41 Å². The first-order valence-corrected chi connectivity index (χ1v) is 11.7. The second-order valence-corrected chi connectivity index (χ2v) is 7.73. The van der Waals surface area contributed by atoms with E-state index in [1.54, 1.807) is 12.1 Å². The lowest BCUT2D eigenvalue weighted by Crippen LogP contribution is -2.04. The SMILES string of the molecule is C/C=C/c1ccc(/C(=C(\c2ccccc2)C2CC2)c2ccc(N)c(C=N)c2F)cc1.CC.O=CO. The van der Waals surface area contributed by atoms with Gasteiger partial charge < -0.3 is 16.2 Å². The van der Waals surface area contributed by atoms with E-state index in [9.17, 15) is 0 Å². The first kappa shape index (κ1) is 27.3. The van der Waals surface area contributed by atoms with E-state index in [1.807, 2.05) is 51.1 Å². The van der Waals surface area contributed by atoms with Crippen LogP contribution in [0, 0.1) is 17.1 Å². The van der Waals surface area contributed by atoms with Crippen molar-refractivity contribution in [3.8, 4) is 0 Å². The second kappa shape index (κ2) is 13.7. The molecule has 35 heavy (non-hydrogen) atoms. The van der Waals surface area contributed by atoms with Crippen LogP contribution in [0.2, 0.25) is 0 Å². The van der Waals surface area contributed by atoms with E-state index in [2.05, 4.69) is 36.4 Å². The molecule has 4 N–H and O–H groups in total. The van der Waals surface area contributed by atoms with Crippen molar-refractivity contribution >= 4 is 35.6 Å². The maximum absolute atomic E-state index is 15.6. The summed E-state index contributed by atoms with van der Waals surface area (Å²) in [5.74, 6) is -0.0374. The number of hydrogen-bond acceptors (Lipinski definition) is 3. The van der Waals surface area contributed by atoms with Crippen LogP contribution < -0.4 is 5.73 Å². The molecule has 182 valence electrons. The molecule has 0 aromatic heterocycles. The van der Waals surface area contributed by atoms with Crippen LogP contribution in [0.5, 0.6) is 0 Å². The van der Waals surface area contributed by atoms with Gasteiger partial charge in [0, 0.05) is 17.5 Å². The van der Waals surface area contributed by atoms with E-state index < -0.39 is 5.82 Å². The molecular formula is C30H33FN2O2. The van der Waals surface area contributed by atoms with Crippen LogP contribution in [0.15, 0.2) is 72.8 Å². The summed E-state index contributed by atoms with van der Waals surface area (Å²) in [5.41, 5.74) is 12.1. The molecule has 0 atom stereocenters. The fraction of sp³-hybridized carbons (Fsp3) is 0.200. The maximum atomic E-state index is 15.6. The summed E-state index contributed by atoms with van der Waals surface area (Å²) in [6.45, 7) is 5.74. The number of nitrogens with two attached hydrogens (primary N) is 1. The van der Waals surface area contributed by atoms with Gasteiger partial charge in [-0.25, -0.2) is 4.39 Å². The molecule has 0 unspecified atom stereocenters. The van der Waals surface area contributed by atoms with Crippen LogP contribution in [0.25, 0.3) is 17.2 Å². The lowest BCUT2D eigenvalue weighted by Gasteiger charge is -2.19. The molecule has 5 heteroatoms. The van der Waals surface area contributed by atoms with Crippen LogP contribution in [0.3, 0.4) is 0 Å². The van der Waals surface area contributed by atoms with Gasteiger partial charge in [-0.1, -0.05) is 80.6 Å². The minimum atomic E-state index is -0.438. The van der Waals surface area contributed by atoms with Crippen molar-refractivity contribution in [1.82, 2.24) is 0 Å². The van der Waals surface area contributed by atoms with Gasteiger partial charge in [-0.2, -0.15) is 0 Å². The molecule has 0 saturated heterocycles. The summed E-state index contributed by atoms with van der Waals surface area (Å²) in [5, 5.41) is 14.5. The number of benzene rings is 3. The Morgan fingerprint density at radius 2 is 1.60 bits per heavy atom. The predicted molar refractivity (Wildman–Crippen MR) is 145 cm³/mol. The Kier molecular flexibility index (Phi) is 10.6. The van der Waals surface area contributed by atoms with Gasteiger partial charge in [0.25, 0.3) is 6.47 Å².